The van der Waals surface area contributed by atoms with Gasteiger partial charge >= 0.3 is 0 Å². The normalized spacial score (nSPS) is 15.3. The van der Waals surface area contributed by atoms with E-state index in [2.05, 4.69) is 25.8 Å². The molecule has 1 aliphatic carbocycles. The van der Waals surface area contributed by atoms with Crippen LogP contribution in [0.5, 0.6) is 0 Å². The second-order valence-electron chi connectivity index (χ2n) is 5.03. The van der Waals surface area contributed by atoms with Crippen molar-refractivity contribution < 1.29 is 4.79 Å². The maximum atomic E-state index is 12.2. The van der Waals surface area contributed by atoms with Crippen LogP contribution in [0.1, 0.15) is 19.8 Å². The number of nitrogens with one attached hydrogen (secondary N) is 2. The molecule has 1 amide bonds. The molecular weight excluding hydrogens is 377 g/mol. The largest absolute Gasteiger partial charge is 0.357 e. The summed E-state index contributed by atoms with van der Waals surface area (Å²) >= 11 is 14.6. The third-order valence-electron chi connectivity index (χ3n) is 3.01. The molecule has 0 aliphatic heterocycles. The number of thioether (sulfide) groups is 1. The van der Waals surface area contributed by atoms with Gasteiger partial charge in [-0.25, -0.2) is 4.98 Å². The SMILES string of the molecule is C[C@@H](Sc1nnc(NC2CC2)s1)C(=O)Nc1ncc(Cl)cc1Cl. The number of hydrogen-bond donors (Lipinski definition) is 2. The lowest BCUT2D eigenvalue weighted by Crippen LogP contribution is -2.23. The molecule has 122 valence electrons. The molecule has 2 heterocycles. The Labute approximate surface area is 151 Å². The Balaban J connectivity index is 1.57. The van der Waals surface area contributed by atoms with Gasteiger partial charge in [0, 0.05) is 12.2 Å². The Morgan fingerprint density at radius 1 is 1.43 bits per heavy atom. The van der Waals surface area contributed by atoms with Gasteiger partial charge in [-0.3, -0.25) is 4.79 Å². The minimum atomic E-state index is -0.356. The maximum Gasteiger partial charge on any atom is 0.238 e. The van der Waals surface area contributed by atoms with E-state index in [1.54, 1.807) is 6.92 Å². The molecule has 0 aromatic carbocycles. The fourth-order valence-corrected chi connectivity index (χ4v) is 4.05. The second kappa shape index (κ2) is 7.21. The van der Waals surface area contributed by atoms with E-state index in [1.807, 2.05) is 0 Å². The van der Waals surface area contributed by atoms with Crippen molar-refractivity contribution in [2.24, 2.45) is 0 Å². The highest BCUT2D eigenvalue weighted by molar-refractivity contribution is 8.02. The highest BCUT2D eigenvalue weighted by Crippen LogP contribution is 2.32. The minimum absolute atomic E-state index is 0.210. The van der Waals surface area contributed by atoms with E-state index in [1.165, 1.54) is 48.2 Å². The summed E-state index contributed by atoms with van der Waals surface area (Å²) in [6.07, 6.45) is 3.78. The molecule has 0 spiro atoms. The maximum absolute atomic E-state index is 12.2. The molecule has 0 bridgehead atoms. The van der Waals surface area contributed by atoms with Gasteiger partial charge in [0.2, 0.25) is 11.0 Å². The lowest BCUT2D eigenvalue weighted by atomic mass is 10.4. The molecule has 1 fully saturated rings. The van der Waals surface area contributed by atoms with Crippen molar-refractivity contribution in [1.82, 2.24) is 15.2 Å². The van der Waals surface area contributed by atoms with E-state index in [-0.39, 0.29) is 11.2 Å². The van der Waals surface area contributed by atoms with E-state index in [4.69, 9.17) is 23.2 Å². The van der Waals surface area contributed by atoms with Gasteiger partial charge in [-0.15, -0.1) is 10.2 Å². The number of halogens is 2. The van der Waals surface area contributed by atoms with Gasteiger partial charge in [0.1, 0.15) is 0 Å². The van der Waals surface area contributed by atoms with Crippen LogP contribution in [-0.4, -0.2) is 32.4 Å². The Hall–Kier alpha value is -1.09. The summed E-state index contributed by atoms with van der Waals surface area (Å²) in [5.74, 6) is 0.0838. The molecule has 1 aliphatic rings. The van der Waals surface area contributed by atoms with E-state index in [0.717, 1.165) is 9.47 Å². The summed E-state index contributed by atoms with van der Waals surface area (Å²) in [7, 11) is 0. The summed E-state index contributed by atoms with van der Waals surface area (Å²) < 4.78 is 0.742. The van der Waals surface area contributed by atoms with Crippen molar-refractivity contribution in [3.05, 3.63) is 22.3 Å². The zero-order chi connectivity index (χ0) is 16.4. The number of anilines is 2. The Kier molecular flexibility index (Phi) is 5.25. The molecule has 1 atom stereocenters. The predicted molar refractivity (Wildman–Crippen MR) is 94.8 cm³/mol. The van der Waals surface area contributed by atoms with Gasteiger partial charge in [-0.2, -0.15) is 0 Å². The van der Waals surface area contributed by atoms with Gasteiger partial charge in [-0.1, -0.05) is 46.3 Å². The number of hydrogen-bond acceptors (Lipinski definition) is 7. The second-order valence-corrected chi connectivity index (χ2v) is 8.43. The molecule has 1 saturated carbocycles. The average molecular weight is 390 g/mol. The molecule has 2 N–H and O–H groups in total. The smallest absolute Gasteiger partial charge is 0.238 e. The van der Waals surface area contributed by atoms with E-state index >= 15 is 0 Å². The lowest BCUT2D eigenvalue weighted by molar-refractivity contribution is -0.115. The number of pyridine rings is 1. The topological polar surface area (TPSA) is 79.8 Å². The first-order valence-electron chi connectivity index (χ1n) is 6.90. The number of amides is 1. The third-order valence-corrected chi connectivity index (χ3v) is 5.54. The van der Waals surface area contributed by atoms with Crippen LogP contribution in [0.4, 0.5) is 10.9 Å². The number of nitrogens with zero attached hydrogens (tertiary/aromatic N) is 3. The fraction of sp³-hybridized carbons (Fsp3) is 0.385. The van der Waals surface area contributed by atoms with Crippen molar-refractivity contribution in [3.8, 4) is 0 Å². The monoisotopic (exact) mass is 389 g/mol. The first kappa shape index (κ1) is 16.8. The van der Waals surface area contributed by atoms with Crippen molar-refractivity contribution in [3.63, 3.8) is 0 Å². The standard InChI is InChI=1S/C13H13Cl2N5OS2/c1-6(11(21)18-10-9(15)4-7(14)5-16-10)22-13-20-19-12(23-13)17-8-2-3-8/h4-6,8H,2-3H2,1H3,(H,17,19)(H,16,18,21)/t6-/m1/s1. The van der Waals surface area contributed by atoms with Crippen LogP contribution < -0.4 is 10.6 Å². The summed E-state index contributed by atoms with van der Waals surface area (Å²) in [5.41, 5.74) is 0. The van der Waals surface area contributed by atoms with Crippen LogP contribution in [0.2, 0.25) is 10.0 Å². The zero-order valence-electron chi connectivity index (χ0n) is 12.0. The van der Waals surface area contributed by atoms with E-state index < -0.39 is 0 Å². The lowest BCUT2D eigenvalue weighted by Gasteiger charge is -2.10. The molecule has 2 aromatic heterocycles. The first-order valence-corrected chi connectivity index (χ1v) is 9.35. The van der Waals surface area contributed by atoms with Crippen LogP contribution in [0.25, 0.3) is 0 Å². The number of carbonyl (C=O) groups is 1. The van der Waals surface area contributed by atoms with Crippen LogP contribution in [0.3, 0.4) is 0 Å². The molecule has 23 heavy (non-hydrogen) atoms. The van der Waals surface area contributed by atoms with Crippen LogP contribution in [-0.2, 0) is 4.79 Å². The number of aromatic nitrogens is 3. The third kappa shape index (κ3) is 4.69. The fourth-order valence-electron chi connectivity index (χ4n) is 1.65. The highest BCUT2D eigenvalue weighted by Gasteiger charge is 2.23. The van der Waals surface area contributed by atoms with Gasteiger partial charge in [0.25, 0.3) is 0 Å². The Bertz CT molecular complexity index is 722. The molecular formula is C13H13Cl2N5OS2. The Morgan fingerprint density at radius 2 is 2.22 bits per heavy atom. The van der Waals surface area contributed by atoms with Crippen molar-refractivity contribution >= 4 is 63.2 Å². The molecule has 0 unspecified atom stereocenters. The van der Waals surface area contributed by atoms with E-state index in [0.29, 0.717) is 21.9 Å². The predicted octanol–water partition coefficient (Wildman–Crippen LogP) is 3.93. The van der Waals surface area contributed by atoms with Gasteiger partial charge in [-0.05, 0) is 25.8 Å². The molecule has 0 radical (unpaired) electrons. The molecule has 3 rings (SSSR count). The quantitative estimate of drug-likeness (QED) is 0.728. The summed E-state index contributed by atoms with van der Waals surface area (Å²) in [4.78, 5) is 16.2. The van der Waals surface area contributed by atoms with E-state index in [9.17, 15) is 4.79 Å². The Morgan fingerprint density at radius 3 is 2.91 bits per heavy atom. The van der Waals surface area contributed by atoms with Gasteiger partial charge in [0.15, 0.2) is 10.2 Å². The van der Waals surface area contributed by atoms with Gasteiger partial charge in [0.05, 0.1) is 15.3 Å². The van der Waals surface area contributed by atoms with Crippen molar-refractivity contribution in [1.29, 1.82) is 0 Å². The first-order chi connectivity index (χ1) is 11.0. The van der Waals surface area contributed by atoms with Gasteiger partial charge < -0.3 is 10.6 Å². The molecule has 0 saturated heterocycles. The van der Waals surface area contributed by atoms with Crippen LogP contribution in [0, 0.1) is 0 Å². The number of rotatable bonds is 6. The minimum Gasteiger partial charge on any atom is -0.357 e. The molecule has 6 nitrogen and oxygen atoms in total. The van der Waals surface area contributed by atoms with Crippen molar-refractivity contribution in [2.75, 3.05) is 10.6 Å². The highest BCUT2D eigenvalue weighted by atomic mass is 35.5. The average Bonchev–Trinajstić information content (AvgIpc) is 3.20. The molecule has 2 aromatic rings. The molecule has 10 heteroatoms. The zero-order valence-corrected chi connectivity index (χ0v) is 15.2. The summed E-state index contributed by atoms with van der Waals surface area (Å²) in [5, 5.41) is 15.3. The summed E-state index contributed by atoms with van der Waals surface area (Å²) in [6, 6.07) is 2.06. The summed E-state index contributed by atoms with van der Waals surface area (Å²) in [6.45, 7) is 1.79. The van der Waals surface area contributed by atoms with Crippen molar-refractivity contribution in [2.45, 2.75) is 35.4 Å². The number of carbonyl (C=O) groups excluding carboxylic acids is 1. The van der Waals surface area contributed by atoms with Crippen LogP contribution >= 0.6 is 46.3 Å². The van der Waals surface area contributed by atoms with Crippen LogP contribution in [0.15, 0.2) is 16.6 Å².